The molecule has 2 rings (SSSR count). The second kappa shape index (κ2) is 4.37. The van der Waals surface area contributed by atoms with E-state index in [-0.39, 0.29) is 0 Å². The van der Waals surface area contributed by atoms with E-state index in [1.807, 2.05) is 11.8 Å². The second-order valence-corrected chi connectivity index (χ2v) is 5.53. The van der Waals surface area contributed by atoms with Crippen LogP contribution in [0.4, 0.5) is 0 Å². The molecule has 0 aromatic heterocycles. The van der Waals surface area contributed by atoms with Gasteiger partial charge in [0.25, 0.3) is 0 Å². The Bertz CT molecular complexity index is 294. The van der Waals surface area contributed by atoms with E-state index in [0.29, 0.717) is 5.37 Å². The third-order valence-electron chi connectivity index (χ3n) is 2.63. The van der Waals surface area contributed by atoms with Crippen LogP contribution in [0, 0.1) is 6.92 Å². The first kappa shape index (κ1) is 10.1. The van der Waals surface area contributed by atoms with Gasteiger partial charge in [-0.1, -0.05) is 36.8 Å². The average molecular weight is 207 g/mol. The zero-order valence-electron chi connectivity index (χ0n) is 8.79. The highest BCUT2D eigenvalue weighted by Crippen LogP contribution is 2.34. The summed E-state index contributed by atoms with van der Waals surface area (Å²) in [5, 5.41) is 4.83. The Morgan fingerprint density at radius 1 is 1.29 bits per heavy atom. The lowest BCUT2D eigenvalue weighted by atomic mass is 10.1. The molecular formula is C12H17NS. The molecule has 0 amide bonds. The fraction of sp³-hybridized carbons (Fsp3) is 0.500. The average Bonchev–Trinajstić information content (AvgIpc) is 2.19. The van der Waals surface area contributed by atoms with Gasteiger partial charge in [-0.25, -0.2) is 0 Å². The van der Waals surface area contributed by atoms with Gasteiger partial charge in [0.1, 0.15) is 0 Å². The molecule has 14 heavy (non-hydrogen) atoms. The Morgan fingerprint density at radius 2 is 2.00 bits per heavy atom. The number of thioether (sulfide) groups is 1. The Kier molecular flexibility index (Phi) is 3.14. The van der Waals surface area contributed by atoms with Crippen LogP contribution in [0.5, 0.6) is 0 Å². The number of aryl methyl sites for hydroxylation is 1. The molecule has 0 bridgehead atoms. The number of hydrogen-bond donors (Lipinski definition) is 1. The van der Waals surface area contributed by atoms with Crippen LogP contribution in [-0.4, -0.2) is 11.8 Å². The first-order valence-corrected chi connectivity index (χ1v) is 6.15. The van der Waals surface area contributed by atoms with E-state index in [1.165, 1.54) is 17.5 Å². The predicted molar refractivity (Wildman–Crippen MR) is 63.6 cm³/mol. The minimum atomic E-state index is 0.499. The van der Waals surface area contributed by atoms with Crippen molar-refractivity contribution < 1.29 is 0 Å². The lowest BCUT2D eigenvalue weighted by Crippen LogP contribution is -2.28. The molecule has 0 aliphatic carbocycles. The van der Waals surface area contributed by atoms with Crippen LogP contribution < -0.4 is 5.32 Å². The molecule has 1 aliphatic heterocycles. The summed E-state index contributed by atoms with van der Waals surface area (Å²) in [6.07, 6.45) is 1.28. The van der Waals surface area contributed by atoms with Crippen LogP contribution >= 0.6 is 11.8 Å². The van der Waals surface area contributed by atoms with Crippen molar-refractivity contribution in [3.63, 3.8) is 0 Å². The van der Waals surface area contributed by atoms with Crippen molar-refractivity contribution in [3.8, 4) is 0 Å². The quantitative estimate of drug-likeness (QED) is 0.759. The molecule has 1 heterocycles. The van der Waals surface area contributed by atoms with Gasteiger partial charge in [-0.15, -0.1) is 11.8 Å². The van der Waals surface area contributed by atoms with Gasteiger partial charge in [0.05, 0.1) is 5.37 Å². The number of hydrogen-bond acceptors (Lipinski definition) is 2. The minimum absolute atomic E-state index is 0.499. The smallest absolute Gasteiger partial charge is 0.0792 e. The van der Waals surface area contributed by atoms with Gasteiger partial charge in [0, 0.05) is 5.25 Å². The van der Waals surface area contributed by atoms with Crippen molar-refractivity contribution in [2.45, 2.75) is 30.9 Å². The molecule has 2 unspecified atom stereocenters. The summed E-state index contributed by atoms with van der Waals surface area (Å²) < 4.78 is 0. The Hall–Kier alpha value is -0.470. The largest absolute Gasteiger partial charge is 0.302 e. The van der Waals surface area contributed by atoms with Gasteiger partial charge in [0.2, 0.25) is 0 Å². The molecule has 0 radical (unpaired) electrons. The Labute approximate surface area is 90.3 Å². The zero-order valence-corrected chi connectivity index (χ0v) is 9.60. The van der Waals surface area contributed by atoms with E-state index in [9.17, 15) is 0 Å². The summed E-state index contributed by atoms with van der Waals surface area (Å²) in [5.74, 6) is 0. The van der Waals surface area contributed by atoms with Gasteiger partial charge in [-0.3, -0.25) is 0 Å². The third-order valence-corrected chi connectivity index (χ3v) is 4.04. The monoisotopic (exact) mass is 207 g/mol. The first-order chi connectivity index (χ1) is 6.75. The van der Waals surface area contributed by atoms with Crippen molar-refractivity contribution in [2.75, 3.05) is 6.54 Å². The van der Waals surface area contributed by atoms with E-state index in [4.69, 9.17) is 0 Å². The van der Waals surface area contributed by atoms with Gasteiger partial charge in [-0.05, 0) is 25.5 Å². The summed E-state index contributed by atoms with van der Waals surface area (Å²) in [5.41, 5.74) is 2.75. The van der Waals surface area contributed by atoms with Gasteiger partial charge in [0.15, 0.2) is 0 Å². The van der Waals surface area contributed by atoms with Crippen molar-refractivity contribution >= 4 is 11.8 Å². The maximum Gasteiger partial charge on any atom is 0.0792 e. The summed E-state index contributed by atoms with van der Waals surface area (Å²) in [6.45, 7) is 5.59. The van der Waals surface area contributed by atoms with Crippen molar-refractivity contribution in [2.24, 2.45) is 0 Å². The number of benzene rings is 1. The molecule has 1 N–H and O–H groups in total. The first-order valence-electron chi connectivity index (χ1n) is 5.21. The predicted octanol–water partition coefficient (Wildman–Crippen LogP) is 3.11. The molecule has 2 heteroatoms. The molecule has 0 spiro atoms. The summed E-state index contributed by atoms with van der Waals surface area (Å²) in [4.78, 5) is 0. The van der Waals surface area contributed by atoms with Crippen LogP contribution in [-0.2, 0) is 0 Å². The van der Waals surface area contributed by atoms with Crippen LogP contribution in [0.15, 0.2) is 24.3 Å². The maximum absolute atomic E-state index is 3.55. The molecule has 76 valence electrons. The second-order valence-electron chi connectivity index (χ2n) is 3.98. The van der Waals surface area contributed by atoms with Crippen molar-refractivity contribution in [1.29, 1.82) is 0 Å². The van der Waals surface area contributed by atoms with Crippen LogP contribution in [0.2, 0.25) is 0 Å². The fourth-order valence-corrected chi connectivity index (χ4v) is 2.95. The van der Waals surface area contributed by atoms with E-state index in [0.717, 1.165) is 11.8 Å². The van der Waals surface area contributed by atoms with E-state index < -0.39 is 0 Å². The Balaban J connectivity index is 2.10. The third kappa shape index (κ3) is 2.31. The molecule has 1 aromatic carbocycles. The summed E-state index contributed by atoms with van der Waals surface area (Å²) >= 11 is 2.03. The van der Waals surface area contributed by atoms with Gasteiger partial charge >= 0.3 is 0 Å². The maximum atomic E-state index is 3.55. The van der Waals surface area contributed by atoms with Crippen molar-refractivity contribution in [1.82, 2.24) is 5.32 Å². The molecule has 1 nitrogen and oxygen atoms in total. The number of nitrogens with one attached hydrogen (secondary N) is 1. The topological polar surface area (TPSA) is 12.0 Å². The minimum Gasteiger partial charge on any atom is -0.302 e. The fourth-order valence-electron chi connectivity index (χ4n) is 1.70. The van der Waals surface area contributed by atoms with Gasteiger partial charge < -0.3 is 5.32 Å². The molecule has 1 saturated heterocycles. The molecule has 2 atom stereocenters. The number of rotatable bonds is 1. The highest BCUT2D eigenvalue weighted by Gasteiger charge is 2.19. The lowest BCUT2D eigenvalue weighted by molar-refractivity contribution is 0.605. The molecule has 1 aliphatic rings. The molecule has 0 saturated carbocycles. The Morgan fingerprint density at radius 3 is 2.64 bits per heavy atom. The van der Waals surface area contributed by atoms with Crippen LogP contribution in [0.3, 0.4) is 0 Å². The SMILES string of the molecule is Cc1ccc(C2NCCC(C)S2)cc1. The van der Waals surface area contributed by atoms with E-state index >= 15 is 0 Å². The van der Waals surface area contributed by atoms with Crippen LogP contribution in [0.1, 0.15) is 29.8 Å². The lowest BCUT2D eigenvalue weighted by Gasteiger charge is -2.28. The standard InChI is InChI=1S/C12H17NS/c1-9-3-5-11(6-4-9)12-13-8-7-10(2)14-12/h3-6,10,12-13H,7-8H2,1-2H3. The highest BCUT2D eigenvalue weighted by molar-refractivity contribution is 8.00. The molecule has 1 fully saturated rings. The summed E-state index contributed by atoms with van der Waals surface area (Å²) in [6, 6.07) is 8.85. The van der Waals surface area contributed by atoms with Crippen molar-refractivity contribution in [3.05, 3.63) is 35.4 Å². The normalized spacial score (nSPS) is 27.6. The molecular weight excluding hydrogens is 190 g/mol. The van der Waals surface area contributed by atoms with Gasteiger partial charge in [-0.2, -0.15) is 0 Å². The molecule has 1 aromatic rings. The zero-order chi connectivity index (χ0) is 9.97. The van der Waals surface area contributed by atoms with Crippen LogP contribution in [0.25, 0.3) is 0 Å². The van der Waals surface area contributed by atoms with E-state index in [2.05, 4.69) is 43.4 Å². The summed E-state index contributed by atoms with van der Waals surface area (Å²) in [7, 11) is 0. The van der Waals surface area contributed by atoms with E-state index in [1.54, 1.807) is 0 Å². The highest BCUT2D eigenvalue weighted by atomic mass is 32.2.